The summed E-state index contributed by atoms with van der Waals surface area (Å²) in [5.41, 5.74) is 2.27. The van der Waals surface area contributed by atoms with Gasteiger partial charge in [0.1, 0.15) is 5.75 Å². The smallest absolute Gasteiger partial charge is 0.123 e. The Morgan fingerprint density at radius 1 is 1.18 bits per heavy atom. The molecular formula is C18H27N3O. The Morgan fingerprint density at radius 3 is 2.59 bits per heavy atom. The lowest BCUT2D eigenvalue weighted by Crippen LogP contribution is -2.39. The van der Waals surface area contributed by atoms with Crippen LogP contribution in [0.15, 0.2) is 18.3 Å². The van der Waals surface area contributed by atoms with Gasteiger partial charge in [-0.15, -0.1) is 0 Å². The van der Waals surface area contributed by atoms with Crippen LogP contribution in [-0.2, 0) is 0 Å². The van der Waals surface area contributed by atoms with Gasteiger partial charge in [-0.25, -0.2) is 0 Å². The summed E-state index contributed by atoms with van der Waals surface area (Å²) < 4.78 is 6.30. The lowest BCUT2D eigenvalue weighted by Gasteiger charge is -2.36. The van der Waals surface area contributed by atoms with Gasteiger partial charge < -0.3 is 9.64 Å². The van der Waals surface area contributed by atoms with Gasteiger partial charge in [0.15, 0.2) is 0 Å². The van der Waals surface area contributed by atoms with Gasteiger partial charge in [-0.2, -0.15) is 5.10 Å². The van der Waals surface area contributed by atoms with Crippen molar-refractivity contribution >= 4 is 10.9 Å². The number of nitrogens with one attached hydrogen (secondary N) is 1. The van der Waals surface area contributed by atoms with E-state index in [1.807, 2.05) is 6.20 Å². The van der Waals surface area contributed by atoms with E-state index >= 15 is 0 Å². The van der Waals surface area contributed by atoms with E-state index in [0.717, 1.165) is 48.6 Å². The van der Waals surface area contributed by atoms with Crippen molar-refractivity contribution in [1.29, 1.82) is 0 Å². The molecule has 0 amide bonds. The number of H-pyrrole nitrogens is 1. The Labute approximate surface area is 132 Å². The summed E-state index contributed by atoms with van der Waals surface area (Å²) in [5.74, 6) is 1.01. The van der Waals surface area contributed by atoms with Gasteiger partial charge in [0, 0.05) is 17.0 Å². The molecule has 0 aliphatic heterocycles. The van der Waals surface area contributed by atoms with Crippen molar-refractivity contribution in [2.24, 2.45) is 0 Å². The van der Waals surface area contributed by atoms with Crippen LogP contribution in [0, 0.1) is 6.92 Å². The standard InChI is InChI=1S/C18H27N3O/c1-4-21(5-2)14-6-8-15(9-7-14)22-18-11-10-17-16(13(18)3)12-19-20-17/h10-12,14-15H,4-9H2,1-3H3,(H,19,20)/t14-,15+. The Kier molecular flexibility index (Phi) is 4.67. The number of aromatic nitrogens is 2. The van der Waals surface area contributed by atoms with Gasteiger partial charge in [-0.3, -0.25) is 5.10 Å². The molecule has 0 radical (unpaired) electrons. The Hall–Kier alpha value is -1.55. The molecule has 120 valence electrons. The molecule has 1 aliphatic carbocycles. The third-order valence-corrected chi connectivity index (χ3v) is 5.11. The topological polar surface area (TPSA) is 41.1 Å². The van der Waals surface area contributed by atoms with E-state index in [9.17, 15) is 0 Å². The van der Waals surface area contributed by atoms with Gasteiger partial charge in [0.2, 0.25) is 0 Å². The summed E-state index contributed by atoms with van der Waals surface area (Å²) >= 11 is 0. The second-order valence-corrected chi connectivity index (χ2v) is 6.29. The van der Waals surface area contributed by atoms with Crippen LogP contribution in [0.3, 0.4) is 0 Å². The van der Waals surface area contributed by atoms with E-state index in [-0.39, 0.29) is 0 Å². The predicted molar refractivity (Wildman–Crippen MR) is 90.4 cm³/mol. The third kappa shape index (κ3) is 2.98. The average Bonchev–Trinajstić information content (AvgIpc) is 3.02. The minimum Gasteiger partial charge on any atom is -0.490 e. The second-order valence-electron chi connectivity index (χ2n) is 6.29. The maximum absolute atomic E-state index is 6.30. The monoisotopic (exact) mass is 301 g/mol. The molecule has 1 fully saturated rings. The number of ether oxygens (including phenoxy) is 1. The molecule has 0 bridgehead atoms. The van der Waals surface area contributed by atoms with Crippen molar-refractivity contribution in [2.75, 3.05) is 13.1 Å². The van der Waals surface area contributed by atoms with Crippen molar-refractivity contribution in [1.82, 2.24) is 15.1 Å². The first-order chi connectivity index (χ1) is 10.7. The lowest BCUT2D eigenvalue weighted by atomic mass is 9.91. The van der Waals surface area contributed by atoms with Gasteiger partial charge in [0.05, 0.1) is 17.8 Å². The van der Waals surface area contributed by atoms with Crippen LogP contribution in [0.25, 0.3) is 10.9 Å². The molecule has 2 aromatic rings. The van der Waals surface area contributed by atoms with Crippen molar-refractivity contribution in [3.05, 3.63) is 23.9 Å². The molecule has 4 nitrogen and oxygen atoms in total. The molecule has 0 spiro atoms. The Bertz CT molecular complexity index is 610. The molecule has 1 aliphatic rings. The van der Waals surface area contributed by atoms with Crippen molar-refractivity contribution < 1.29 is 4.74 Å². The van der Waals surface area contributed by atoms with Gasteiger partial charge >= 0.3 is 0 Å². The molecule has 0 atom stereocenters. The number of nitrogens with zero attached hydrogens (tertiary/aromatic N) is 2. The number of hydrogen-bond acceptors (Lipinski definition) is 3. The van der Waals surface area contributed by atoms with E-state index in [2.05, 4.69) is 48.0 Å². The number of hydrogen-bond donors (Lipinski definition) is 1. The van der Waals surface area contributed by atoms with Crippen molar-refractivity contribution in [2.45, 2.75) is 58.6 Å². The fraction of sp³-hybridized carbons (Fsp3) is 0.611. The second kappa shape index (κ2) is 6.69. The first kappa shape index (κ1) is 15.3. The Morgan fingerprint density at radius 2 is 1.91 bits per heavy atom. The first-order valence-corrected chi connectivity index (χ1v) is 8.56. The zero-order chi connectivity index (χ0) is 15.5. The fourth-order valence-corrected chi connectivity index (χ4v) is 3.71. The summed E-state index contributed by atoms with van der Waals surface area (Å²) in [6.07, 6.45) is 7.05. The molecule has 0 saturated heterocycles. The molecule has 4 heteroatoms. The zero-order valence-electron chi connectivity index (χ0n) is 13.9. The molecule has 1 N–H and O–H groups in total. The molecule has 1 saturated carbocycles. The largest absolute Gasteiger partial charge is 0.490 e. The SMILES string of the molecule is CCN(CC)[C@H]1CC[C@@H](Oc2ccc3[nH]ncc3c2C)CC1. The van der Waals surface area contributed by atoms with Crippen LogP contribution in [-0.4, -0.2) is 40.3 Å². The zero-order valence-corrected chi connectivity index (χ0v) is 13.9. The van der Waals surface area contributed by atoms with E-state index < -0.39 is 0 Å². The van der Waals surface area contributed by atoms with Gasteiger partial charge in [-0.1, -0.05) is 13.8 Å². The van der Waals surface area contributed by atoms with Crippen LogP contribution in [0.1, 0.15) is 45.1 Å². The highest BCUT2D eigenvalue weighted by Gasteiger charge is 2.25. The van der Waals surface area contributed by atoms with Crippen LogP contribution in [0.2, 0.25) is 0 Å². The summed E-state index contributed by atoms with van der Waals surface area (Å²) in [5, 5.41) is 8.28. The predicted octanol–water partition coefficient (Wildman–Crippen LogP) is 3.90. The summed E-state index contributed by atoms with van der Waals surface area (Å²) in [4.78, 5) is 2.58. The average molecular weight is 301 g/mol. The number of fused-ring (bicyclic) bond motifs is 1. The van der Waals surface area contributed by atoms with Crippen molar-refractivity contribution in [3.63, 3.8) is 0 Å². The quantitative estimate of drug-likeness (QED) is 0.910. The molecule has 1 heterocycles. The number of rotatable bonds is 5. The highest BCUT2D eigenvalue weighted by molar-refractivity contribution is 5.83. The molecule has 3 rings (SSSR count). The molecule has 1 aromatic carbocycles. The number of aryl methyl sites for hydroxylation is 1. The summed E-state index contributed by atoms with van der Waals surface area (Å²) in [6.45, 7) is 8.95. The van der Waals surface area contributed by atoms with E-state index in [1.165, 1.54) is 18.4 Å². The molecule has 22 heavy (non-hydrogen) atoms. The van der Waals surface area contributed by atoms with Crippen LogP contribution < -0.4 is 4.74 Å². The van der Waals surface area contributed by atoms with Gasteiger partial charge in [-0.05, 0) is 57.8 Å². The van der Waals surface area contributed by atoms with Crippen LogP contribution in [0.5, 0.6) is 5.75 Å². The normalized spacial score (nSPS) is 22.4. The molecule has 1 aromatic heterocycles. The molecular weight excluding hydrogens is 274 g/mol. The third-order valence-electron chi connectivity index (χ3n) is 5.11. The highest BCUT2D eigenvalue weighted by Crippen LogP contribution is 2.31. The van der Waals surface area contributed by atoms with Crippen LogP contribution in [0.4, 0.5) is 0 Å². The fourth-order valence-electron chi connectivity index (χ4n) is 3.71. The highest BCUT2D eigenvalue weighted by atomic mass is 16.5. The maximum Gasteiger partial charge on any atom is 0.123 e. The van der Waals surface area contributed by atoms with Crippen molar-refractivity contribution in [3.8, 4) is 5.75 Å². The van der Waals surface area contributed by atoms with Gasteiger partial charge in [0.25, 0.3) is 0 Å². The van der Waals surface area contributed by atoms with E-state index in [4.69, 9.17) is 4.74 Å². The van der Waals surface area contributed by atoms with E-state index in [1.54, 1.807) is 0 Å². The number of aromatic amines is 1. The summed E-state index contributed by atoms with van der Waals surface area (Å²) in [6, 6.07) is 4.88. The Balaban J connectivity index is 1.63. The van der Waals surface area contributed by atoms with Crippen LogP contribution >= 0.6 is 0 Å². The molecule has 0 unspecified atom stereocenters. The van der Waals surface area contributed by atoms with E-state index in [0.29, 0.717) is 6.10 Å². The first-order valence-electron chi connectivity index (χ1n) is 8.56. The maximum atomic E-state index is 6.30. The summed E-state index contributed by atoms with van der Waals surface area (Å²) in [7, 11) is 0. The minimum absolute atomic E-state index is 0.356. The minimum atomic E-state index is 0.356. The number of benzene rings is 1. The lowest BCUT2D eigenvalue weighted by molar-refractivity contribution is 0.0931.